The zero-order chi connectivity index (χ0) is 23.4. The Hall–Kier alpha value is -3.26. The highest BCUT2D eigenvalue weighted by Gasteiger charge is 2.16. The average molecular weight is 496 g/mol. The fourth-order valence-electron chi connectivity index (χ4n) is 2.44. The minimum Gasteiger partial charge on any atom is -0.452 e. The van der Waals surface area contributed by atoms with Crippen molar-refractivity contribution in [3.05, 3.63) is 71.6 Å². The Labute approximate surface area is 188 Å². The van der Waals surface area contributed by atoms with Gasteiger partial charge in [0.15, 0.2) is 6.61 Å². The molecule has 3 aromatic rings. The lowest BCUT2D eigenvalue weighted by Crippen LogP contribution is -2.21. The van der Waals surface area contributed by atoms with Gasteiger partial charge in [0.2, 0.25) is 10.0 Å². The van der Waals surface area contributed by atoms with Gasteiger partial charge in [-0.1, -0.05) is 6.07 Å². The molecule has 3 rings (SSSR count). The van der Waals surface area contributed by atoms with Crippen LogP contribution in [-0.4, -0.2) is 35.3 Å². The van der Waals surface area contributed by atoms with Crippen LogP contribution in [0.2, 0.25) is 0 Å². The molecule has 0 unspecified atom stereocenters. The number of benzene rings is 2. The fourth-order valence-corrected chi connectivity index (χ4v) is 5.00. The van der Waals surface area contributed by atoms with Crippen LogP contribution in [0.1, 0.15) is 10.4 Å². The number of esters is 1. The SMILES string of the molecule is NS(=O)(=O)c1ccc(NC(=O)COC(=O)c2ccc(NS(=O)(=O)c3cccs3)cc2)cc1. The summed E-state index contributed by atoms with van der Waals surface area (Å²) in [5, 5.41) is 9.09. The second-order valence-corrected chi connectivity index (χ2v) is 10.7. The van der Waals surface area contributed by atoms with Gasteiger partial charge in [-0.05, 0) is 60.0 Å². The summed E-state index contributed by atoms with van der Waals surface area (Å²) in [6.45, 7) is -0.581. The minimum absolute atomic E-state index is 0.108. The highest BCUT2D eigenvalue weighted by atomic mass is 32.2. The van der Waals surface area contributed by atoms with Gasteiger partial charge < -0.3 is 10.1 Å². The van der Waals surface area contributed by atoms with Gasteiger partial charge in [0.1, 0.15) is 4.21 Å². The molecule has 1 amide bonds. The number of hydrogen-bond donors (Lipinski definition) is 3. The van der Waals surface area contributed by atoms with Crippen LogP contribution in [0.3, 0.4) is 0 Å². The maximum atomic E-state index is 12.2. The zero-order valence-corrected chi connectivity index (χ0v) is 18.7. The predicted octanol–water partition coefficient (Wildman–Crippen LogP) is 1.99. The fraction of sp³-hybridized carbons (Fsp3) is 0.0526. The topological polar surface area (TPSA) is 162 Å². The van der Waals surface area contributed by atoms with Crippen LogP contribution in [0, 0.1) is 0 Å². The maximum absolute atomic E-state index is 12.2. The average Bonchev–Trinajstić information content (AvgIpc) is 3.28. The van der Waals surface area contributed by atoms with Crippen LogP contribution in [0.4, 0.5) is 11.4 Å². The van der Waals surface area contributed by atoms with Crippen molar-refractivity contribution >= 4 is 54.6 Å². The molecule has 13 heteroatoms. The summed E-state index contributed by atoms with van der Waals surface area (Å²) in [6.07, 6.45) is 0. The number of anilines is 2. The predicted molar refractivity (Wildman–Crippen MR) is 118 cm³/mol. The Morgan fingerprint density at radius 1 is 0.906 bits per heavy atom. The first-order valence-electron chi connectivity index (χ1n) is 8.81. The van der Waals surface area contributed by atoms with Crippen molar-refractivity contribution in [2.45, 2.75) is 9.10 Å². The third-order valence-electron chi connectivity index (χ3n) is 3.93. The lowest BCUT2D eigenvalue weighted by Gasteiger charge is -2.09. The molecule has 0 aliphatic carbocycles. The summed E-state index contributed by atoms with van der Waals surface area (Å²) in [5.74, 6) is -1.42. The van der Waals surface area contributed by atoms with Crippen molar-refractivity contribution in [1.29, 1.82) is 0 Å². The number of sulfonamides is 2. The van der Waals surface area contributed by atoms with E-state index in [2.05, 4.69) is 10.0 Å². The number of rotatable bonds is 8. The first-order valence-corrected chi connectivity index (χ1v) is 12.7. The van der Waals surface area contributed by atoms with Crippen LogP contribution in [-0.2, 0) is 29.6 Å². The van der Waals surface area contributed by atoms with Gasteiger partial charge in [-0.25, -0.2) is 26.8 Å². The standard InChI is InChI=1S/C19H17N3O7S3/c20-31(25,26)16-9-7-14(8-10-16)21-17(23)12-29-19(24)13-3-5-15(6-4-13)22-32(27,28)18-2-1-11-30-18/h1-11,22H,12H2,(H,21,23)(H2,20,25,26). The lowest BCUT2D eigenvalue weighted by molar-refractivity contribution is -0.119. The minimum atomic E-state index is -3.84. The van der Waals surface area contributed by atoms with Crippen molar-refractivity contribution < 1.29 is 31.2 Å². The van der Waals surface area contributed by atoms with E-state index in [0.29, 0.717) is 5.69 Å². The Kier molecular flexibility index (Phi) is 6.93. The van der Waals surface area contributed by atoms with Crippen molar-refractivity contribution in [3.63, 3.8) is 0 Å². The van der Waals surface area contributed by atoms with Gasteiger partial charge in [0.05, 0.1) is 10.5 Å². The summed E-state index contributed by atoms with van der Waals surface area (Å²) in [6, 6.07) is 13.7. The number of ether oxygens (including phenoxy) is 1. The number of amides is 1. The quantitative estimate of drug-likeness (QED) is 0.403. The second-order valence-electron chi connectivity index (χ2n) is 6.31. The largest absolute Gasteiger partial charge is 0.452 e. The highest BCUT2D eigenvalue weighted by molar-refractivity contribution is 7.94. The molecule has 0 saturated heterocycles. The molecule has 0 atom stereocenters. The summed E-state index contributed by atoms with van der Waals surface area (Å²) >= 11 is 1.07. The van der Waals surface area contributed by atoms with E-state index < -0.39 is 38.5 Å². The van der Waals surface area contributed by atoms with Gasteiger partial charge in [-0.2, -0.15) is 0 Å². The molecule has 32 heavy (non-hydrogen) atoms. The van der Waals surface area contributed by atoms with E-state index in [-0.39, 0.29) is 20.4 Å². The number of thiophene rings is 1. The van der Waals surface area contributed by atoms with Gasteiger partial charge in [-0.3, -0.25) is 9.52 Å². The van der Waals surface area contributed by atoms with Crippen LogP contribution in [0.15, 0.2) is 75.1 Å². The second kappa shape index (κ2) is 9.48. The Bertz CT molecular complexity index is 1320. The van der Waals surface area contributed by atoms with Gasteiger partial charge in [0.25, 0.3) is 15.9 Å². The van der Waals surface area contributed by atoms with E-state index in [4.69, 9.17) is 9.88 Å². The molecule has 0 aliphatic rings. The number of primary sulfonamides is 1. The van der Waals surface area contributed by atoms with Gasteiger partial charge in [-0.15, -0.1) is 11.3 Å². The van der Waals surface area contributed by atoms with Crippen molar-refractivity contribution in [3.8, 4) is 0 Å². The van der Waals surface area contributed by atoms with Crippen molar-refractivity contribution in [1.82, 2.24) is 0 Å². The molecule has 1 heterocycles. The number of nitrogens with one attached hydrogen (secondary N) is 2. The van der Waals surface area contributed by atoms with Crippen LogP contribution in [0.25, 0.3) is 0 Å². The highest BCUT2D eigenvalue weighted by Crippen LogP contribution is 2.20. The monoisotopic (exact) mass is 495 g/mol. The Morgan fingerprint density at radius 3 is 2.09 bits per heavy atom. The first kappa shape index (κ1) is 23.4. The Balaban J connectivity index is 1.53. The zero-order valence-electron chi connectivity index (χ0n) is 16.2. The molecular formula is C19H17N3O7S3. The lowest BCUT2D eigenvalue weighted by atomic mass is 10.2. The number of hydrogen-bond acceptors (Lipinski definition) is 8. The van der Waals surface area contributed by atoms with E-state index in [0.717, 1.165) is 11.3 Å². The smallest absolute Gasteiger partial charge is 0.338 e. The third kappa shape index (κ3) is 6.13. The van der Waals surface area contributed by atoms with Crippen molar-refractivity contribution in [2.24, 2.45) is 5.14 Å². The molecule has 1 aromatic heterocycles. The van der Waals surface area contributed by atoms with Crippen LogP contribution >= 0.6 is 11.3 Å². The first-order chi connectivity index (χ1) is 15.0. The van der Waals surface area contributed by atoms with E-state index in [9.17, 15) is 26.4 Å². The van der Waals surface area contributed by atoms with E-state index in [1.807, 2.05) is 0 Å². The molecule has 10 nitrogen and oxygen atoms in total. The number of carbonyl (C=O) groups excluding carboxylic acids is 2. The van der Waals surface area contributed by atoms with Gasteiger partial charge in [0, 0.05) is 11.4 Å². The Morgan fingerprint density at radius 2 is 1.53 bits per heavy atom. The third-order valence-corrected chi connectivity index (χ3v) is 7.64. The van der Waals surface area contributed by atoms with Crippen molar-refractivity contribution in [2.75, 3.05) is 16.6 Å². The molecule has 0 spiro atoms. The molecular weight excluding hydrogens is 478 g/mol. The molecule has 168 valence electrons. The summed E-state index contributed by atoms with van der Waals surface area (Å²) < 4.78 is 54.3. The molecule has 0 fully saturated rings. The van der Waals surface area contributed by atoms with E-state index in [1.165, 1.54) is 54.6 Å². The molecule has 4 N–H and O–H groups in total. The van der Waals surface area contributed by atoms with Crippen LogP contribution < -0.4 is 15.2 Å². The van der Waals surface area contributed by atoms with E-state index >= 15 is 0 Å². The number of carbonyl (C=O) groups is 2. The molecule has 0 aliphatic heterocycles. The summed E-state index contributed by atoms with van der Waals surface area (Å²) in [5.41, 5.74) is 0.672. The summed E-state index contributed by atoms with van der Waals surface area (Å²) in [4.78, 5) is 24.0. The molecule has 0 saturated carbocycles. The molecule has 2 aromatic carbocycles. The van der Waals surface area contributed by atoms with E-state index in [1.54, 1.807) is 11.4 Å². The normalized spacial score (nSPS) is 11.5. The summed E-state index contributed by atoms with van der Waals surface area (Å²) in [7, 11) is -7.55. The molecule has 0 radical (unpaired) electrons. The maximum Gasteiger partial charge on any atom is 0.338 e. The van der Waals surface area contributed by atoms with Gasteiger partial charge >= 0.3 is 5.97 Å². The van der Waals surface area contributed by atoms with Crippen LogP contribution in [0.5, 0.6) is 0 Å². The number of nitrogens with two attached hydrogens (primary N) is 1. The molecule has 0 bridgehead atoms.